The van der Waals surface area contributed by atoms with E-state index in [0.29, 0.717) is 19.6 Å². The van der Waals surface area contributed by atoms with E-state index in [1.807, 2.05) is 24.3 Å². The Morgan fingerprint density at radius 2 is 1.74 bits per heavy atom. The number of benzene rings is 2. The summed E-state index contributed by atoms with van der Waals surface area (Å²) in [6, 6.07) is 16.3. The predicted molar refractivity (Wildman–Crippen MR) is 105 cm³/mol. The van der Waals surface area contributed by atoms with Gasteiger partial charge in [0.25, 0.3) is 0 Å². The minimum Gasteiger partial charge on any atom is -0.489 e. The lowest BCUT2D eigenvalue weighted by Crippen LogP contribution is -2.18. The third-order valence-electron chi connectivity index (χ3n) is 4.83. The Kier molecular flexibility index (Phi) is 6.66. The Morgan fingerprint density at radius 1 is 1.04 bits per heavy atom. The highest BCUT2D eigenvalue weighted by atomic mass is 16.5. The summed E-state index contributed by atoms with van der Waals surface area (Å²) in [5.74, 6) is 0.0162. The minimum atomic E-state index is -0.777. The Bertz CT molecular complexity index is 788. The van der Waals surface area contributed by atoms with E-state index in [-0.39, 0.29) is 6.42 Å². The van der Waals surface area contributed by atoms with Crippen LogP contribution in [0.5, 0.6) is 5.75 Å². The summed E-state index contributed by atoms with van der Waals surface area (Å²) in [6.45, 7) is 4.01. The van der Waals surface area contributed by atoms with Crippen molar-refractivity contribution in [3.8, 4) is 5.75 Å². The van der Waals surface area contributed by atoms with Gasteiger partial charge in [-0.05, 0) is 55.0 Å². The van der Waals surface area contributed by atoms with Gasteiger partial charge in [0.05, 0.1) is 13.2 Å². The van der Waals surface area contributed by atoms with Gasteiger partial charge >= 0.3 is 5.97 Å². The zero-order chi connectivity index (χ0) is 19.1. The first-order chi connectivity index (χ1) is 13.1. The Hall–Kier alpha value is -2.59. The maximum atomic E-state index is 10.7. The van der Waals surface area contributed by atoms with E-state index in [0.717, 1.165) is 30.8 Å². The van der Waals surface area contributed by atoms with Crippen LogP contribution >= 0.6 is 0 Å². The average molecular weight is 366 g/mol. The predicted octanol–water partition coefficient (Wildman–Crippen LogP) is 4.35. The van der Waals surface area contributed by atoms with Crippen molar-refractivity contribution in [2.24, 2.45) is 0 Å². The highest BCUT2D eigenvalue weighted by Crippen LogP contribution is 2.22. The molecule has 4 heteroatoms. The Labute approximate surface area is 160 Å². The first-order valence-corrected chi connectivity index (χ1v) is 9.37. The molecule has 0 radical (unpaired) electrons. The molecule has 142 valence electrons. The second-order valence-corrected chi connectivity index (χ2v) is 7.00. The second kappa shape index (κ2) is 9.38. The molecule has 4 nitrogen and oxygen atoms in total. The molecule has 0 saturated carbocycles. The maximum Gasteiger partial charge on any atom is 0.303 e. The van der Waals surface area contributed by atoms with E-state index in [9.17, 15) is 4.79 Å². The van der Waals surface area contributed by atoms with Crippen LogP contribution in [0.3, 0.4) is 0 Å². The zero-order valence-corrected chi connectivity index (χ0v) is 15.7. The van der Waals surface area contributed by atoms with E-state index >= 15 is 0 Å². The van der Waals surface area contributed by atoms with Gasteiger partial charge in [0, 0.05) is 6.42 Å². The molecule has 0 unspecified atom stereocenters. The summed E-state index contributed by atoms with van der Waals surface area (Å²) >= 11 is 0. The van der Waals surface area contributed by atoms with E-state index in [2.05, 4.69) is 31.2 Å². The number of hydrogen-bond donors (Lipinski definition) is 1. The third kappa shape index (κ3) is 5.97. The van der Waals surface area contributed by atoms with Gasteiger partial charge in [-0.2, -0.15) is 0 Å². The van der Waals surface area contributed by atoms with Crippen LogP contribution < -0.4 is 4.74 Å². The molecule has 27 heavy (non-hydrogen) atoms. The summed E-state index contributed by atoms with van der Waals surface area (Å²) in [7, 11) is 0. The molecule has 0 bridgehead atoms. The minimum absolute atomic E-state index is 0.146. The molecule has 0 spiro atoms. The standard InChI is InChI=1S/C23H26O4/c1-17-2-4-19(5-3-17)14-20-12-13-26-15-21(20)16-27-22-9-6-18(7-10-22)8-11-23(24)25/h2-7,9-10H,8,11-16H2,1H3,(H,24,25). The first-order valence-electron chi connectivity index (χ1n) is 9.37. The quantitative estimate of drug-likeness (QED) is 0.706. The van der Waals surface area contributed by atoms with Gasteiger partial charge in [-0.25, -0.2) is 0 Å². The van der Waals surface area contributed by atoms with Crippen LogP contribution in [0.1, 0.15) is 29.5 Å². The molecule has 1 aliphatic heterocycles. The molecule has 1 aliphatic rings. The van der Waals surface area contributed by atoms with Crippen molar-refractivity contribution in [3.63, 3.8) is 0 Å². The lowest BCUT2D eigenvalue weighted by atomic mass is 9.96. The van der Waals surface area contributed by atoms with Crippen molar-refractivity contribution in [3.05, 3.63) is 76.4 Å². The number of rotatable bonds is 8. The molecular weight excluding hydrogens is 340 g/mol. The zero-order valence-electron chi connectivity index (χ0n) is 15.7. The van der Waals surface area contributed by atoms with Gasteiger partial charge in [-0.15, -0.1) is 0 Å². The molecule has 0 fully saturated rings. The van der Waals surface area contributed by atoms with Crippen molar-refractivity contribution in [1.82, 2.24) is 0 Å². The molecule has 2 aromatic carbocycles. The number of ether oxygens (including phenoxy) is 2. The molecule has 2 aromatic rings. The molecular formula is C23H26O4. The van der Waals surface area contributed by atoms with Crippen molar-refractivity contribution < 1.29 is 19.4 Å². The number of aryl methyl sites for hydroxylation is 2. The number of carboxylic acid groups (broad SMARTS) is 1. The van der Waals surface area contributed by atoms with Crippen LogP contribution in [-0.4, -0.2) is 30.9 Å². The van der Waals surface area contributed by atoms with Gasteiger partial charge in [-0.1, -0.05) is 47.5 Å². The van der Waals surface area contributed by atoms with Crippen molar-refractivity contribution >= 4 is 5.97 Å². The summed E-state index contributed by atoms with van der Waals surface area (Å²) in [5, 5.41) is 8.76. The molecule has 0 saturated heterocycles. The summed E-state index contributed by atoms with van der Waals surface area (Å²) in [4.78, 5) is 10.7. The van der Waals surface area contributed by atoms with E-state index in [4.69, 9.17) is 14.6 Å². The normalized spacial score (nSPS) is 14.3. The van der Waals surface area contributed by atoms with E-state index in [1.54, 1.807) is 0 Å². The fourth-order valence-corrected chi connectivity index (χ4v) is 3.15. The first kappa shape index (κ1) is 19.2. The monoisotopic (exact) mass is 366 g/mol. The molecule has 3 rings (SSSR count). The molecule has 0 aromatic heterocycles. The number of hydrogen-bond acceptors (Lipinski definition) is 3. The largest absolute Gasteiger partial charge is 0.489 e. The van der Waals surface area contributed by atoms with Gasteiger partial charge < -0.3 is 14.6 Å². The Morgan fingerprint density at radius 3 is 2.44 bits per heavy atom. The second-order valence-electron chi connectivity index (χ2n) is 7.00. The number of carboxylic acids is 1. The molecule has 1 N–H and O–H groups in total. The van der Waals surface area contributed by atoms with Crippen LogP contribution in [0.2, 0.25) is 0 Å². The summed E-state index contributed by atoms with van der Waals surface area (Å²) in [5.41, 5.74) is 6.22. The van der Waals surface area contributed by atoms with Crippen molar-refractivity contribution in [1.29, 1.82) is 0 Å². The number of carbonyl (C=O) groups is 1. The van der Waals surface area contributed by atoms with E-state index in [1.165, 1.54) is 22.3 Å². The van der Waals surface area contributed by atoms with Gasteiger partial charge in [0.1, 0.15) is 12.4 Å². The lowest BCUT2D eigenvalue weighted by Gasteiger charge is -2.21. The fraction of sp³-hybridized carbons (Fsp3) is 0.348. The van der Waals surface area contributed by atoms with Crippen LogP contribution in [0.25, 0.3) is 0 Å². The molecule has 0 amide bonds. The number of aliphatic carboxylic acids is 1. The van der Waals surface area contributed by atoms with Gasteiger partial charge in [0.2, 0.25) is 0 Å². The SMILES string of the molecule is Cc1ccc(CC2=C(COc3ccc(CCC(=O)O)cc3)COCC2)cc1. The highest BCUT2D eigenvalue weighted by molar-refractivity contribution is 5.67. The highest BCUT2D eigenvalue weighted by Gasteiger charge is 2.14. The third-order valence-corrected chi connectivity index (χ3v) is 4.83. The average Bonchev–Trinajstić information content (AvgIpc) is 2.68. The van der Waals surface area contributed by atoms with Gasteiger partial charge in [0.15, 0.2) is 0 Å². The summed E-state index contributed by atoms with van der Waals surface area (Å²) < 4.78 is 11.6. The molecule has 0 atom stereocenters. The smallest absolute Gasteiger partial charge is 0.303 e. The fourth-order valence-electron chi connectivity index (χ4n) is 3.15. The van der Waals surface area contributed by atoms with E-state index < -0.39 is 5.97 Å². The summed E-state index contributed by atoms with van der Waals surface area (Å²) in [6.07, 6.45) is 2.57. The van der Waals surface area contributed by atoms with Crippen molar-refractivity contribution in [2.45, 2.75) is 32.6 Å². The van der Waals surface area contributed by atoms with Crippen LogP contribution in [0.15, 0.2) is 59.7 Å². The molecule has 1 heterocycles. The maximum absolute atomic E-state index is 10.7. The Balaban J connectivity index is 1.60. The van der Waals surface area contributed by atoms with Crippen LogP contribution in [-0.2, 0) is 22.4 Å². The molecule has 0 aliphatic carbocycles. The van der Waals surface area contributed by atoms with Gasteiger partial charge in [-0.3, -0.25) is 4.79 Å². The van der Waals surface area contributed by atoms with Crippen LogP contribution in [0.4, 0.5) is 0 Å². The van der Waals surface area contributed by atoms with Crippen molar-refractivity contribution in [2.75, 3.05) is 19.8 Å². The topological polar surface area (TPSA) is 55.8 Å². The van der Waals surface area contributed by atoms with Crippen LogP contribution in [0, 0.1) is 6.92 Å². The lowest BCUT2D eigenvalue weighted by molar-refractivity contribution is -0.136.